The average Bonchev–Trinajstić information content (AvgIpc) is 2.67. The Morgan fingerprint density at radius 1 is 1.12 bits per heavy atom. The number of hydrogen-bond acceptors (Lipinski definition) is 3. The number of halogens is 1. The van der Waals surface area contributed by atoms with Gasteiger partial charge in [0, 0.05) is 19.6 Å². The van der Waals surface area contributed by atoms with Gasteiger partial charge in [0.15, 0.2) is 0 Å². The zero-order chi connectivity index (χ0) is 17.2. The van der Waals surface area contributed by atoms with E-state index in [0.717, 1.165) is 32.5 Å². The maximum atomic E-state index is 12.8. The number of nitrogens with one attached hydrogen (secondary N) is 1. The fourth-order valence-electron chi connectivity index (χ4n) is 4.22. The molecule has 1 N–H and O–H groups in total. The molecule has 0 radical (unpaired) electrons. The molecule has 2 heterocycles. The van der Waals surface area contributed by atoms with Crippen molar-refractivity contribution in [1.29, 1.82) is 0 Å². The van der Waals surface area contributed by atoms with Gasteiger partial charge in [0.25, 0.3) is 0 Å². The topological polar surface area (TPSA) is 41.6 Å². The first-order valence-electron chi connectivity index (χ1n) is 9.35. The first-order chi connectivity index (χ1) is 12.2. The Balaban J connectivity index is 0.00000196. The lowest BCUT2D eigenvalue weighted by Crippen LogP contribution is -2.57. The van der Waals surface area contributed by atoms with Crippen molar-refractivity contribution in [1.82, 2.24) is 10.2 Å². The highest BCUT2D eigenvalue weighted by molar-refractivity contribution is 5.86. The summed E-state index contributed by atoms with van der Waals surface area (Å²) in [5.41, 5.74) is 1.43. The van der Waals surface area contributed by atoms with E-state index in [1.807, 2.05) is 11.8 Å². The second-order valence-corrected chi connectivity index (χ2v) is 7.18. The Bertz CT molecular complexity index is 753. The number of rotatable bonds is 2. The summed E-state index contributed by atoms with van der Waals surface area (Å²) in [7, 11) is 0. The number of amides is 1. The van der Waals surface area contributed by atoms with Crippen molar-refractivity contribution in [3.05, 3.63) is 48.0 Å². The predicted molar refractivity (Wildman–Crippen MR) is 107 cm³/mol. The van der Waals surface area contributed by atoms with Crippen LogP contribution in [0.2, 0.25) is 0 Å². The van der Waals surface area contributed by atoms with E-state index in [1.165, 1.54) is 16.3 Å². The van der Waals surface area contributed by atoms with E-state index < -0.39 is 0 Å². The molecule has 0 unspecified atom stereocenters. The standard InChI is InChI=1S/C21H26N2O2.ClH/c1-15-20(22-11-14-25-15)21(24)23-12-9-17(10-13-23)19-8-4-6-16-5-2-3-7-18(16)19;/h2-8,15,17,20,22H,9-14H2,1H3;1H/t15-,20+;/m1./s1. The fourth-order valence-corrected chi connectivity index (χ4v) is 4.22. The van der Waals surface area contributed by atoms with Gasteiger partial charge in [-0.25, -0.2) is 0 Å². The largest absolute Gasteiger partial charge is 0.375 e. The number of likely N-dealkylation sites (tertiary alicyclic amines) is 1. The SMILES string of the molecule is C[C@H]1OCCN[C@@H]1C(=O)N1CCC(c2cccc3ccccc23)CC1.Cl. The smallest absolute Gasteiger partial charge is 0.242 e. The number of fused-ring (bicyclic) bond motifs is 1. The molecule has 26 heavy (non-hydrogen) atoms. The minimum atomic E-state index is -0.192. The lowest BCUT2D eigenvalue weighted by Gasteiger charge is -2.37. The molecule has 2 aliphatic rings. The van der Waals surface area contributed by atoms with E-state index >= 15 is 0 Å². The third kappa shape index (κ3) is 3.73. The summed E-state index contributed by atoms with van der Waals surface area (Å²) in [6.45, 7) is 5.09. The van der Waals surface area contributed by atoms with Gasteiger partial charge in [0.1, 0.15) is 6.04 Å². The van der Waals surface area contributed by atoms with Gasteiger partial charge in [-0.15, -0.1) is 12.4 Å². The highest BCUT2D eigenvalue weighted by atomic mass is 35.5. The van der Waals surface area contributed by atoms with Crippen LogP contribution in [0.5, 0.6) is 0 Å². The summed E-state index contributed by atoms with van der Waals surface area (Å²) < 4.78 is 5.63. The minimum absolute atomic E-state index is 0. The van der Waals surface area contributed by atoms with Crippen molar-refractivity contribution in [3.63, 3.8) is 0 Å². The molecule has 0 aliphatic carbocycles. The lowest BCUT2D eigenvalue weighted by molar-refractivity contribution is -0.140. The van der Waals surface area contributed by atoms with Crippen molar-refractivity contribution in [2.45, 2.75) is 37.8 Å². The van der Waals surface area contributed by atoms with Gasteiger partial charge in [-0.3, -0.25) is 4.79 Å². The third-order valence-electron chi connectivity index (χ3n) is 5.65. The van der Waals surface area contributed by atoms with Crippen LogP contribution in [-0.4, -0.2) is 49.2 Å². The summed E-state index contributed by atoms with van der Waals surface area (Å²) in [4.78, 5) is 14.8. The van der Waals surface area contributed by atoms with Crippen LogP contribution in [0.1, 0.15) is 31.2 Å². The fraction of sp³-hybridized carbons (Fsp3) is 0.476. The number of carbonyl (C=O) groups is 1. The molecule has 5 heteroatoms. The van der Waals surface area contributed by atoms with Gasteiger partial charge in [-0.2, -0.15) is 0 Å². The first-order valence-corrected chi connectivity index (χ1v) is 9.35. The summed E-state index contributed by atoms with van der Waals surface area (Å²) in [6.07, 6.45) is 2.01. The Hall–Kier alpha value is -1.62. The molecule has 4 nitrogen and oxygen atoms in total. The van der Waals surface area contributed by atoms with Gasteiger partial charge in [0.05, 0.1) is 12.7 Å². The predicted octanol–water partition coefficient (Wildman–Crippen LogP) is 3.34. The summed E-state index contributed by atoms with van der Waals surface area (Å²) >= 11 is 0. The van der Waals surface area contributed by atoms with E-state index in [0.29, 0.717) is 12.5 Å². The van der Waals surface area contributed by atoms with Crippen LogP contribution in [0.4, 0.5) is 0 Å². The van der Waals surface area contributed by atoms with Gasteiger partial charge in [0.2, 0.25) is 5.91 Å². The normalized spacial score (nSPS) is 24.3. The Kier molecular flexibility index (Phi) is 6.17. The average molecular weight is 375 g/mol. The zero-order valence-corrected chi connectivity index (χ0v) is 16.0. The van der Waals surface area contributed by atoms with Gasteiger partial charge < -0.3 is 15.0 Å². The molecular formula is C21H27ClN2O2. The zero-order valence-electron chi connectivity index (χ0n) is 15.2. The van der Waals surface area contributed by atoms with E-state index in [4.69, 9.17) is 4.74 Å². The van der Waals surface area contributed by atoms with Crippen molar-refractivity contribution >= 4 is 29.1 Å². The second-order valence-electron chi connectivity index (χ2n) is 7.18. The van der Waals surface area contributed by atoms with Crippen molar-refractivity contribution in [2.24, 2.45) is 0 Å². The molecule has 0 bridgehead atoms. The van der Waals surface area contributed by atoms with E-state index in [1.54, 1.807) is 0 Å². The highest BCUT2D eigenvalue weighted by Crippen LogP contribution is 2.33. The Labute approximate surface area is 161 Å². The first kappa shape index (κ1) is 19.2. The van der Waals surface area contributed by atoms with E-state index in [2.05, 4.69) is 47.8 Å². The van der Waals surface area contributed by atoms with Crippen molar-refractivity contribution in [2.75, 3.05) is 26.2 Å². The summed E-state index contributed by atoms with van der Waals surface area (Å²) in [5.74, 6) is 0.728. The molecule has 2 saturated heterocycles. The van der Waals surface area contributed by atoms with Crippen LogP contribution >= 0.6 is 12.4 Å². The molecule has 0 aromatic heterocycles. The maximum absolute atomic E-state index is 12.8. The summed E-state index contributed by atoms with van der Waals surface area (Å²) in [5, 5.41) is 5.97. The summed E-state index contributed by atoms with van der Waals surface area (Å²) in [6, 6.07) is 15.0. The molecule has 2 fully saturated rings. The van der Waals surface area contributed by atoms with Crippen LogP contribution < -0.4 is 5.32 Å². The lowest BCUT2D eigenvalue weighted by atomic mass is 9.86. The van der Waals surface area contributed by atoms with Crippen molar-refractivity contribution < 1.29 is 9.53 Å². The number of carbonyl (C=O) groups excluding carboxylic acids is 1. The van der Waals surface area contributed by atoms with Gasteiger partial charge in [-0.1, -0.05) is 42.5 Å². The van der Waals surface area contributed by atoms with E-state index in [9.17, 15) is 4.79 Å². The van der Waals surface area contributed by atoms with Gasteiger partial charge >= 0.3 is 0 Å². The number of morpholine rings is 1. The molecule has 2 aromatic rings. The molecule has 0 saturated carbocycles. The van der Waals surface area contributed by atoms with E-state index in [-0.39, 0.29) is 30.5 Å². The molecular weight excluding hydrogens is 348 g/mol. The van der Waals surface area contributed by atoms with Crippen molar-refractivity contribution in [3.8, 4) is 0 Å². The number of nitrogens with zero attached hydrogens (tertiary/aromatic N) is 1. The molecule has 2 aromatic carbocycles. The van der Waals surface area contributed by atoms with Crippen LogP contribution in [0.25, 0.3) is 10.8 Å². The molecule has 2 atom stereocenters. The quantitative estimate of drug-likeness (QED) is 0.876. The van der Waals surface area contributed by atoms with Crippen LogP contribution in [0.3, 0.4) is 0 Å². The number of piperidine rings is 1. The number of benzene rings is 2. The Morgan fingerprint density at radius 2 is 1.85 bits per heavy atom. The van der Waals surface area contributed by atoms with Crippen LogP contribution in [0.15, 0.2) is 42.5 Å². The molecule has 140 valence electrons. The minimum Gasteiger partial charge on any atom is -0.375 e. The molecule has 4 rings (SSSR count). The maximum Gasteiger partial charge on any atom is 0.242 e. The molecule has 0 spiro atoms. The molecule has 2 aliphatic heterocycles. The van der Waals surface area contributed by atoms with Crippen LogP contribution in [0, 0.1) is 0 Å². The monoisotopic (exact) mass is 374 g/mol. The number of hydrogen-bond donors (Lipinski definition) is 1. The number of ether oxygens (including phenoxy) is 1. The van der Waals surface area contributed by atoms with Crippen LogP contribution in [-0.2, 0) is 9.53 Å². The molecule has 1 amide bonds. The van der Waals surface area contributed by atoms with Gasteiger partial charge in [-0.05, 0) is 42.0 Å². The third-order valence-corrected chi connectivity index (χ3v) is 5.65. The second kappa shape index (κ2) is 8.38. The highest BCUT2D eigenvalue weighted by Gasteiger charge is 2.33. The Morgan fingerprint density at radius 3 is 2.62 bits per heavy atom.